The fourth-order valence-corrected chi connectivity index (χ4v) is 4.40. The van der Waals surface area contributed by atoms with Crippen molar-refractivity contribution in [3.05, 3.63) is 24.3 Å². The lowest BCUT2D eigenvalue weighted by molar-refractivity contribution is -0.123. The number of hydrogen-bond acceptors (Lipinski definition) is 4. The molecule has 1 aliphatic rings. The Morgan fingerprint density at radius 1 is 1.35 bits per heavy atom. The molecular weight excluding hydrogens is 296 g/mol. The number of rotatable bonds is 4. The number of carbonyl (C=O) groups excluding carboxylic acids is 1. The number of nitrogens with zero attached hydrogens (tertiary/aromatic N) is 1. The summed E-state index contributed by atoms with van der Waals surface area (Å²) >= 11 is 1.56. The Morgan fingerprint density at radius 3 is 2.55 bits per heavy atom. The van der Waals surface area contributed by atoms with E-state index in [1.165, 1.54) is 11.4 Å². The van der Waals surface area contributed by atoms with Crippen molar-refractivity contribution in [2.75, 3.05) is 19.8 Å². The summed E-state index contributed by atoms with van der Waals surface area (Å²) in [5.41, 5.74) is 0. The minimum Gasteiger partial charge on any atom is -0.358 e. The minimum absolute atomic E-state index is 0.242. The van der Waals surface area contributed by atoms with Gasteiger partial charge in [0.15, 0.2) is 0 Å². The van der Waals surface area contributed by atoms with Gasteiger partial charge in [0.05, 0.1) is 4.90 Å². The lowest BCUT2D eigenvalue weighted by Crippen LogP contribution is -2.44. The third-order valence-corrected chi connectivity index (χ3v) is 6.08. The zero-order valence-electron chi connectivity index (χ0n) is 11.5. The molecule has 2 rings (SSSR count). The molecule has 1 amide bonds. The number of likely N-dealkylation sites (N-methyl/N-ethyl adjacent to an activating group) is 1. The van der Waals surface area contributed by atoms with E-state index < -0.39 is 16.1 Å². The molecule has 1 aliphatic heterocycles. The molecule has 1 aromatic carbocycles. The van der Waals surface area contributed by atoms with Crippen LogP contribution in [0.4, 0.5) is 0 Å². The van der Waals surface area contributed by atoms with Crippen LogP contribution in [0, 0.1) is 0 Å². The van der Waals surface area contributed by atoms with E-state index in [0.717, 1.165) is 4.90 Å². The van der Waals surface area contributed by atoms with Crippen LogP contribution in [-0.4, -0.2) is 44.5 Å². The second-order valence-corrected chi connectivity index (χ2v) is 7.33. The van der Waals surface area contributed by atoms with E-state index in [0.29, 0.717) is 19.4 Å². The lowest BCUT2D eigenvalue weighted by Gasteiger charge is -2.22. The van der Waals surface area contributed by atoms with Gasteiger partial charge in [-0.1, -0.05) is 0 Å². The smallest absolute Gasteiger partial charge is 0.243 e. The first kappa shape index (κ1) is 15.3. The zero-order chi connectivity index (χ0) is 14.8. The van der Waals surface area contributed by atoms with Crippen molar-refractivity contribution in [2.24, 2.45) is 0 Å². The van der Waals surface area contributed by atoms with Gasteiger partial charge in [-0.25, -0.2) is 8.42 Å². The quantitative estimate of drug-likeness (QED) is 0.851. The van der Waals surface area contributed by atoms with Crippen molar-refractivity contribution < 1.29 is 13.2 Å². The predicted octanol–water partition coefficient (Wildman–Crippen LogP) is 1.31. The summed E-state index contributed by atoms with van der Waals surface area (Å²) in [6.07, 6.45) is 3.22. The van der Waals surface area contributed by atoms with Crippen molar-refractivity contribution >= 4 is 27.7 Å². The third-order valence-electron chi connectivity index (χ3n) is 3.42. The van der Waals surface area contributed by atoms with E-state index in [4.69, 9.17) is 0 Å². The molecule has 1 unspecified atom stereocenters. The Morgan fingerprint density at radius 2 is 2.00 bits per heavy atom. The van der Waals surface area contributed by atoms with Crippen molar-refractivity contribution in [3.8, 4) is 0 Å². The molecule has 1 saturated heterocycles. The van der Waals surface area contributed by atoms with Gasteiger partial charge in [0.25, 0.3) is 0 Å². The normalized spacial score (nSPS) is 20.0. The zero-order valence-corrected chi connectivity index (χ0v) is 13.1. The van der Waals surface area contributed by atoms with E-state index in [1.54, 1.807) is 36.0 Å². The van der Waals surface area contributed by atoms with Crippen LogP contribution in [-0.2, 0) is 14.8 Å². The van der Waals surface area contributed by atoms with Gasteiger partial charge in [-0.05, 0) is 43.4 Å². The molecule has 1 heterocycles. The molecule has 7 heteroatoms. The Hall–Kier alpha value is -1.05. The van der Waals surface area contributed by atoms with Crippen LogP contribution in [0.25, 0.3) is 0 Å². The molecule has 0 saturated carbocycles. The number of thioether (sulfide) groups is 1. The summed E-state index contributed by atoms with van der Waals surface area (Å²) in [5, 5.41) is 2.53. The van der Waals surface area contributed by atoms with E-state index in [2.05, 4.69) is 5.32 Å². The highest BCUT2D eigenvalue weighted by Crippen LogP contribution is 2.27. The SMILES string of the molecule is CNC(=O)C1CCCN1S(=O)(=O)c1ccc(SC)cc1. The maximum absolute atomic E-state index is 12.6. The van der Waals surface area contributed by atoms with Gasteiger partial charge in [-0.3, -0.25) is 4.79 Å². The van der Waals surface area contributed by atoms with E-state index in [-0.39, 0.29) is 10.8 Å². The largest absolute Gasteiger partial charge is 0.358 e. The first-order valence-corrected chi connectivity index (χ1v) is 9.04. The van der Waals surface area contributed by atoms with Crippen molar-refractivity contribution in [3.63, 3.8) is 0 Å². The third kappa shape index (κ3) is 2.84. The van der Waals surface area contributed by atoms with Crippen LogP contribution in [0.1, 0.15) is 12.8 Å². The van der Waals surface area contributed by atoms with Crippen LogP contribution in [0.15, 0.2) is 34.1 Å². The van der Waals surface area contributed by atoms with E-state index in [9.17, 15) is 13.2 Å². The lowest BCUT2D eigenvalue weighted by atomic mass is 10.2. The molecular formula is C13H18N2O3S2. The molecule has 0 aliphatic carbocycles. The molecule has 0 spiro atoms. The summed E-state index contributed by atoms with van der Waals surface area (Å²) in [7, 11) is -2.08. The van der Waals surface area contributed by atoms with Crippen LogP contribution in [0.3, 0.4) is 0 Å². The maximum atomic E-state index is 12.6. The Labute approximate surface area is 123 Å². The van der Waals surface area contributed by atoms with Gasteiger partial charge < -0.3 is 5.32 Å². The van der Waals surface area contributed by atoms with Crippen LogP contribution < -0.4 is 5.32 Å². The topological polar surface area (TPSA) is 66.5 Å². The molecule has 1 fully saturated rings. The molecule has 1 atom stereocenters. The van der Waals surface area contributed by atoms with E-state index >= 15 is 0 Å². The van der Waals surface area contributed by atoms with Crippen molar-refractivity contribution in [2.45, 2.75) is 28.7 Å². The summed E-state index contributed by atoms with van der Waals surface area (Å²) in [4.78, 5) is 13.0. The summed E-state index contributed by atoms with van der Waals surface area (Å²) in [6, 6.07) is 6.16. The predicted molar refractivity (Wildman–Crippen MR) is 79.2 cm³/mol. The average Bonchev–Trinajstić information content (AvgIpc) is 2.96. The van der Waals surface area contributed by atoms with Crippen LogP contribution >= 0.6 is 11.8 Å². The number of carbonyl (C=O) groups is 1. The highest BCUT2D eigenvalue weighted by molar-refractivity contribution is 7.98. The van der Waals surface area contributed by atoms with Crippen LogP contribution in [0.5, 0.6) is 0 Å². The van der Waals surface area contributed by atoms with Crippen molar-refractivity contribution in [1.29, 1.82) is 0 Å². The summed E-state index contributed by atoms with van der Waals surface area (Å²) in [6.45, 7) is 0.394. The first-order chi connectivity index (χ1) is 9.50. The number of amides is 1. The fraction of sp³-hybridized carbons (Fsp3) is 0.462. The Kier molecular flexibility index (Phi) is 4.72. The van der Waals surface area contributed by atoms with Gasteiger partial charge in [0.1, 0.15) is 6.04 Å². The first-order valence-electron chi connectivity index (χ1n) is 6.38. The number of sulfonamides is 1. The van der Waals surface area contributed by atoms with E-state index in [1.807, 2.05) is 6.26 Å². The monoisotopic (exact) mass is 314 g/mol. The summed E-state index contributed by atoms with van der Waals surface area (Å²) in [5.74, 6) is -0.244. The standard InChI is InChI=1S/C13H18N2O3S2/c1-14-13(16)12-4-3-9-15(12)20(17,18)11-7-5-10(19-2)6-8-11/h5-8,12H,3-4,9H2,1-2H3,(H,14,16). The minimum atomic E-state index is -3.60. The second-order valence-electron chi connectivity index (χ2n) is 4.56. The van der Waals surface area contributed by atoms with Gasteiger partial charge in [0, 0.05) is 18.5 Å². The highest BCUT2D eigenvalue weighted by Gasteiger charge is 2.38. The molecule has 0 aromatic heterocycles. The maximum Gasteiger partial charge on any atom is 0.243 e. The number of hydrogen-bond donors (Lipinski definition) is 1. The van der Waals surface area contributed by atoms with Gasteiger partial charge in [-0.15, -0.1) is 11.8 Å². The van der Waals surface area contributed by atoms with Gasteiger partial charge in [0.2, 0.25) is 15.9 Å². The molecule has 1 aromatic rings. The van der Waals surface area contributed by atoms with Gasteiger partial charge in [-0.2, -0.15) is 4.31 Å². The fourth-order valence-electron chi connectivity index (χ4n) is 2.34. The van der Waals surface area contributed by atoms with Crippen molar-refractivity contribution in [1.82, 2.24) is 9.62 Å². The molecule has 0 radical (unpaired) electrons. The average molecular weight is 314 g/mol. The number of benzene rings is 1. The Bertz CT molecular complexity index is 584. The summed E-state index contributed by atoms with van der Waals surface area (Å²) < 4.78 is 26.5. The molecule has 110 valence electrons. The van der Waals surface area contributed by atoms with Gasteiger partial charge >= 0.3 is 0 Å². The highest BCUT2D eigenvalue weighted by atomic mass is 32.2. The second kappa shape index (κ2) is 6.15. The number of nitrogens with one attached hydrogen (secondary N) is 1. The molecule has 0 bridgehead atoms. The molecule has 20 heavy (non-hydrogen) atoms. The Balaban J connectivity index is 2.31. The van der Waals surface area contributed by atoms with Crippen LogP contribution in [0.2, 0.25) is 0 Å². The molecule has 5 nitrogen and oxygen atoms in total. The molecule has 1 N–H and O–H groups in total.